The lowest BCUT2D eigenvalue weighted by Gasteiger charge is -2.30. The molecule has 30 heavy (non-hydrogen) atoms. The third-order valence-corrected chi connectivity index (χ3v) is 5.95. The van der Waals surface area contributed by atoms with Gasteiger partial charge >= 0.3 is 5.97 Å². The molecule has 9 nitrogen and oxygen atoms in total. The number of nitrogens with one attached hydrogen (secondary N) is 2. The Bertz CT molecular complexity index is 1100. The molecule has 4 atom stereocenters. The van der Waals surface area contributed by atoms with E-state index in [4.69, 9.17) is 4.42 Å². The summed E-state index contributed by atoms with van der Waals surface area (Å²) in [5.41, 5.74) is -0.400. The minimum atomic E-state index is -1.69. The number of anilines is 1. The predicted octanol–water partition coefficient (Wildman–Crippen LogP) is 1.52. The van der Waals surface area contributed by atoms with Crippen LogP contribution >= 0.6 is 0 Å². The molecule has 2 saturated heterocycles. The summed E-state index contributed by atoms with van der Waals surface area (Å²) in [6.07, 6.45) is 4.30. The van der Waals surface area contributed by atoms with Crippen molar-refractivity contribution in [3.63, 3.8) is 0 Å². The van der Waals surface area contributed by atoms with Gasteiger partial charge in [-0.25, -0.2) is 9.88 Å². The Labute approximate surface area is 170 Å². The molecule has 0 aliphatic carbocycles. The van der Waals surface area contributed by atoms with Crippen LogP contribution in [0.3, 0.4) is 0 Å². The van der Waals surface area contributed by atoms with Crippen LogP contribution in [0.1, 0.15) is 17.3 Å². The maximum absolute atomic E-state index is 13.4. The highest BCUT2D eigenvalue weighted by atomic mass is 16.4. The van der Waals surface area contributed by atoms with E-state index < -0.39 is 41.2 Å². The Morgan fingerprint density at radius 1 is 1.17 bits per heavy atom. The number of imide groups is 1. The number of rotatable bonds is 5. The van der Waals surface area contributed by atoms with Gasteiger partial charge in [0.1, 0.15) is 5.54 Å². The Hall–Kier alpha value is -3.72. The van der Waals surface area contributed by atoms with Gasteiger partial charge in [-0.2, -0.15) is 0 Å². The lowest BCUT2D eigenvalue weighted by Crippen LogP contribution is -2.57. The molecule has 0 radical (unpaired) electrons. The third-order valence-electron chi connectivity index (χ3n) is 5.95. The number of carboxylic acid groups (broad SMARTS) is 1. The van der Waals surface area contributed by atoms with E-state index >= 15 is 0 Å². The first-order valence-electron chi connectivity index (χ1n) is 9.47. The van der Waals surface area contributed by atoms with Crippen LogP contribution in [-0.2, 0) is 20.8 Å². The number of H-pyrrole nitrogens is 1. The largest absolute Gasteiger partial charge is 0.480 e. The molecule has 2 aliphatic heterocycles. The highest BCUT2D eigenvalue weighted by Gasteiger charge is 2.69. The average molecular weight is 406 g/mol. The molecule has 5 rings (SSSR count). The summed E-state index contributed by atoms with van der Waals surface area (Å²) in [5, 5.41) is 13.4. The number of benzene rings is 1. The van der Waals surface area contributed by atoms with Gasteiger partial charge in [-0.05, 0) is 11.6 Å². The van der Waals surface area contributed by atoms with Crippen LogP contribution in [0.5, 0.6) is 0 Å². The Morgan fingerprint density at radius 2 is 1.97 bits per heavy atom. The fraction of sp³-hybridized carbons (Fsp3) is 0.238. The number of aromatic nitrogens is 2. The Balaban J connectivity index is 1.66. The van der Waals surface area contributed by atoms with Crippen LogP contribution in [0.4, 0.5) is 5.88 Å². The van der Waals surface area contributed by atoms with Crippen molar-refractivity contribution in [3.8, 4) is 0 Å². The van der Waals surface area contributed by atoms with Crippen molar-refractivity contribution in [2.24, 2.45) is 11.8 Å². The first-order chi connectivity index (χ1) is 14.5. The molecule has 0 spiro atoms. The number of fused-ring (bicyclic) bond motifs is 1. The SMILES string of the molecule is O=C1[C@H]2C(c3ccccc3)NC(Cc3cnc[nH]3)(C(=O)O)[C@H]2C(=O)N1c1ccco1. The zero-order valence-electron chi connectivity index (χ0n) is 15.7. The van der Waals surface area contributed by atoms with Crippen molar-refractivity contribution in [1.29, 1.82) is 0 Å². The van der Waals surface area contributed by atoms with E-state index in [1.165, 1.54) is 24.9 Å². The monoisotopic (exact) mass is 406 g/mol. The van der Waals surface area contributed by atoms with Gasteiger partial charge < -0.3 is 14.5 Å². The number of furan rings is 1. The molecule has 3 aromatic rings. The lowest BCUT2D eigenvalue weighted by atomic mass is 9.77. The van der Waals surface area contributed by atoms with Gasteiger partial charge in [0, 0.05) is 30.4 Å². The highest BCUT2D eigenvalue weighted by Crippen LogP contribution is 2.50. The molecule has 4 heterocycles. The minimum Gasteiger partial charge on any atom is -0.480 e. The second kappa shape index (κ2) is 6.67. The number of imidazole rings is 1. The summed E-state index contributed by atoms with van der Waals surface area (Å²) < 4.78 is 5.30. The van der Waals surface area contributed by atoms with Crippen molar-refractivity contribution in [3.05, 3.63) is 72.5 Å². The summed E-state index contributed by atoms with van der Waals surface area (Å²) in [4.78, 5) is 47.3. The zero-order valence-corrected chi connectivity index (χ0v) is 15.7. The number of amides is 2. The van der Waals surface area contributed by atoms with Crippen LogP contribution in [0, 0.1) is 11.8 Å². The first-order valence-corrected chi connectivity index (χ1v) is 9.47. The number of aliphatic carboxylic acids is 1. The fourth-order valence-electron chi connectivity index (χ4n) is 4.68. The van der Waals surface area contributed by atoms with E-state index in [-0.39, 0.29) is 12.3 Å². The smallest absolute Gasteiger partial charge is 0.325 e. The molecule has 2 aliphatic rings. The van der Waals surface area contributed by atoms with Crippen LogP contribution < -0.4 is 10.2 Å². The Morgan fingerprint density at radius 3 is 2.60 bits per heavy atom. The molecular formula is C21H18N4O5. The third kappa shape index (κ3) is 2.52. The van der Waals surface area contributed by atoms with E-state index in [9.17, 15) is 19.5 Å². The van der Waals surface area contributed by atoms with Crippen molar-refractivity contribution in [2.75, 3.05) is 4.90 Å². The number of carbonyl (C=O) groups excluding carboxylic acids is 2. The maximum Gasteiger partial charge on any atom is 0.325 e. The number of aromatic amines is 1. The number of hydrogen-bond donors (Lipinski definition) is 3. The molecule has 2 amide bonds. The van der Waals surface area contributed by atoms with Crippen molar-refractivity contribution in [2.45, 2.75) is 18.0 Å². The van der Waals surface area contributed by atoms with E-state index in [1.807, 2.05) is 30.3 Å². The number of nitrogens with zero attached hydrogens (tertiary/aromatic N) is 2. The molecule has 2 aromatic heterocycles. The normalized spacial score (nSPS) is 28.1. The zero-order chi connectivity index (χ0) is 20.9. The molecule has 0 bridgehead atoms. The molecule has 0 saturated carbocycles. The molecule has 1 aromatic carbocycles. The second-order valence-electron chi connectivity index (χ2n) is 7.53. The topological polar surface area (TPSA) is 129 Å². The van der Waals surface area contributed by atoms with Crippen molar-refractivity contribution in [1.82, 2.24) is 15.3 Å². The highest BCUT2D eigenvalue weighted by molar-refractivity contribution is 6.23. The molecule has 9 heteroatoms. The second-order valence-corrected chi connectivity index (χ2v) is 7.53. The number of carboxylic acids is 1. The van der Waals surface area contributed by atoms with E-state index in [1.54, 1.807) is 6.07 Å². The molecule has 3 N–H and O–H groups in total. The Kier molecular flexibility index (Phi) is 4.07. The van der Waals surface area contributed by atoms with Crippen LogP contribution in [0.25, 0.3) is 0 Å². The average Bonchev–Trinajstić information content (AvgIpc) is 3.51. The quantitative estimate of drug-likeness (QED) is 0.548. The van der Waals surface area contributed by atoms with Gasteiger partial charge in [0.2, 0.25) is 17.7 Å². The van der Waals surface area contributed by atoms with Gasteiger partial charge in [0.15, 0.2) is 0 Å². The van der Waals surface area contributed by atoms with Gasteiger partial charge in [-0.3, -0.25) is 19.7 Å². The number of carbonyl (C=O) groups is 3. The summed E-state index contributed by atoms with van der Waals surface area (Å²) in [6, 6.07) is 11.5. The van der Waals surface area contributed by atoms with Crippen LogP contribution in [0.2, 0.25) is 0 Å². The molecule has 2 fully saturated rings. The van der Waals surface area contributed by atoms with Gasteiger partial charge in [-0.15, -0.1) is 0 Å². The maximum atomic E-state index is 13.4. The van der Waals surface area contributed by atoms with E-state index in [2.05, 4.69) is 15.3 Å². The predicted molar refractivity (Wildman–Crippen MR) is 103 cm³/mol. The standard InChI is InChI=1S/C21H18N4O5/c26-18-15-16(19(27)25(18)14-7-4-8-30-14)21(20(28)29,9-13-10-22-11-23-13)24-17(15)12-5-2-1-3-6-12/h1-8,10-11,15-17,24H,9H2,(H,22,23)(H,28,29)/t15-,16-,17?,21?/m1/s1. The summed E-state index contributed by atoms with van der Waals surface area (Å²) >= 11 is 0. The fourth-order valence-corrected chi connectivity index (χ4v) is 4.68. The number of hydrogen-bond acceptors (Lipinski definition) is 6. The van der Waals surface area contributed by atoms with Crippen LogP contribution in [0.15, 0.2) is 65.7 Å². The first kappa shape index (κ1) is 18.3. The van der Waals surface area contributed by atoms with E-state index in [0.29, 0.717) is 5.69 Å². The van der Waals surface area contributed by atoms with Gasteiger partial charge in [-0.1, -0.05) is 30.3 Å². The lowest BCUT2D eigenvalue weighted by molar-refractivity contribution is -0.148. The van der Waals surface area contributed by atoms with Gasteiger partial charge in [0.05, 0.1) is 24.4 Å². The molecule has 152 valence electrons. The molecular weight excluding hydrogens is 388 g/mol. The van der Waals surface area contributed by atoms with Crippen molar-refractivity contribution >= 4 is 23.7 Å². The van der Waals surface area contributed by atoms with Crippen molar-refractivity contribution < 1.29 is 23.9 Å². The van der Waals surface area contributed by atoms with Gasteiger partial charge in [0.25, 0.3) is 0 Å². The summed E-state index contributed by atoms with van der Waals surface area (Å²) in [5.74, 6) is -4.17. The van der Waals surface area contributed by atoms with E-state index in [0.717, 1.165) is 10.5 Å². The summed E-state index contributed by atoms with van der Waals surface area (Å²) in [7, 11) is 0. The molecule has 2 unspecified atom stereocenters. The minimum absolute atomic E-state index is 0.0299. The summed E-state index contributed by atoms with van der Waals surface area (Å²) in [6.45, 7) is 0. The van der Waals surface area contributed by atoms with Crippen LogP contribution in [-0.4, -0.2) is 38.4 Å².